The highest BCUT2D eigenvalue weighted by Crippen LogP contribution is 2.19. The molecule has 20 heavy (non-hydrogen) atoms. The topological polar surface area (TPSA) is 30.5 Å². The smallest absolute Gasteiger partial charge is 0.0813 e. The summed E-state index contributed by atoms with van der Waals surface area (Å²) in [5.74, 6) is 0. The van der Waals surface area contributed by atoms with Crippen LogP contribution in [-0.4, -0.2) is 38.0 Å². The van der Waals surface area contributed by atoms with E-state index in [9.17, 15) is 0 Å². The number of rotatable bonds is 12. The summed E-state index contributed by atoms with van der Waals surface area (Å²) in [6, 6.07) is 0.543. The Kier molecular flexibility index (Phi) is 10.3. The second-order valence-corrected chi connectivity index (χ2v) is 6.36. The molecule has 2 atom stereocenters. The molecule has 0 spiro atoms. The van der Waals surface area contributed by atoms with Crippen molar-refractivity contribution in [3.8, 4) is 0 Å². The maximum absolute atomic E-state index is 5.98. The van der Waals surface area contributed by atoms with Gasteiger partial charge in [0.05, 0.1) is 18.8 Å². The van der Waals surface area contributed by atoms with Crippen LogP contribution in [0.15, 0.2) is 0 Å². The fraction of sp³-hybridized carbons (Fsp3) is 1.00. The monoisotopic (exact) mass is 285 g/mol. The lowest BCUT2D eigenvalue weighted by atomic mass is 10.1. The van der Waals surface area contributed by atoms with Gasteiger partial charge in [-0.2, -0.15) is 0 Å². The largest absolute Gasteiger partial charge is 0.379 e. The molecule has 1 saturated heterocycles. The van der Waals surface area contributed by atoms with Gasteiger partial charge in [0.2, 0.25) is 0 Å². The highest BCUT2D eigenvalue weighted by atomic mass is 16.5. The van der Waals surface area contributed by atoms with E-state index in [-0.39, 0.29) is 0 Å². The maximum Gasteiger partial charge on any atom is 0.0813 e. The summed E-state index contributed by atoms with van der Waals surface area (Å²) in [6.07, 6.45) is 11.0. The predicted octanol–water partition coefficient (Wildman–Crippen LogP) is 3.91. The second-order valence-electron chi connectivity index (χ2n) is 6.36. The molecule has 0 bridgehead atoms. The molecule has 1 N–H and O–H groups in total. The molecule has 0 aromatic carbocycles. The van der Waals surface area contributed by atoms with Crippen LogP contribution < -0.4 is 5.32 Å². The quantitative estimate of drug-likeness (QED) is 0.551. The van der Waals surface area contributed by atoms with E-state index in [4.69, 9.17) is 9.47 Å². The van der Waals surface area contributed by atoms with Gasteiger partial charge in [0, 0.05) is 19.2 Å². The Hall–Kier alpha value is -0.120. The van der Waals surface area contributed by atoms with E-state index < -0.39 is 0 Å². The average molecular weight is 285 g/mol. The lowest BCUT2D eigenvalue weighted by molar-refractivity contribution is -0.0154. The van der Waals surface area contributed by atoms with Crippen molar-refractivity contribution in [2.45, 2.75) is 90.4 Å². The Morgan fingerprint density at radius 3 is 2.50 bits per heavy atom. The normalized spacial score (nSPS) is 22.8. The van der Waals surface area contributed by atoms with Crippen molar-refractivity contribution >= 4 is 0 Å². The molecule has 1 rings (SSSR count). The zero-order chi connectivity index (χ0) is 14.6. The van der Waals surface area contributed by atoms with Crippen LogP contribution in [0.1, 0.15) is 72.1 Å². The van der Waals surface area contributed by atoms with Gasteiger partial charge in [0.15, 0.2) is 0 Å². The van der Waals surface area contributed by atoms with Crippen molar-refractivity contribution in [2.24, 2.45) is 0 Å². The Balaban J connectivity index is 1.88. The molecule has 0 saturated carbocycles. The van der Waals surface area contributed by atoms with Crippen LogP contribution in [0.25, 0.3) is 0 Å². The maximum atomic E-state index is 5.98. The van der Waals surface area contributed by atoms with Crippen molar-refractivity contribution in [1.82, 2.24) is 5.32 Å². The van der Waals surface area contributed by atoms with Crippen LogP contribution in [0.3, 0.4) is 0 Å². The Morgan fingerprint density at radius 2 is 1.75 bits per heavy atom. The van der Waals surface area contributed by atoms with Gasteiger partial charge in [-0.1, -0.05) is 52.9 Å². The summed E-state index contributed by atoms with van der Waals surface area (Å²) in [7, 11) is 0. The Morgan fingerprint density at radius 1 is 1.05 bits per heavy atom. The molecule has 1 heterocycles. The number of nitrogens with one attached hydrogen (secondary N) is 1. The van der Waals surface area contributed by atoms with E-state index >= 15 is 0 Å². The predicted molar refractivity (Wildman–Crippen MR) is 85.2 cm³/mol. The summed E-state index contributed by atoms with van der Waals surface area (Å²) in [4.78, 5) is 0. The standard InChI is InChI=1S/C17H35NO2/c1-4-5-6-7-8-9-12-19-14-17-11-10-16(20-17)13-18-15(2)3/h15-18H,4-14H2,1-3H3. The minimum atomic E-state index is 0.328. The fourth-order valence-electron chi connectivity index (χ4n) is 2.62. The Labute approximate surface area is 125 Å². The summed E-state index contributed by atoms with van der Waals surface area (Å²) in [6.45, 7) is 9.28. The molecule has 1 aliphatic heterocycles. The highest BCUT2D eigenvalue weighted by molar-refractivity contribution is 4.75. The van der Waals surface area contributed by atoms with Gasteiger partial charge in [-0.15, -0.1) is 0 Å². The van der Waals surface area contributed by atoms with Crippen LogP contribution in [0.4, 0.5) is 0 Å². The minimum Gasteiger partial charge on any atom is -0.379 e. The summed E-state index contributed by atoms with van der Waals surface area (Å²) < 4.78 is 11.7. The fourth-order valence-corrected chi connectivity index (χ4v) is 2.62. The third-order valence-electron chi connectivity index (χ3n) is 3.90. The second kappa shape index (κ2) is 11.5. The first-order valence-electron chi connectivity index (χ1n) is 8.69. The minimum absolute atomic E-state index is 0.328. The molecule has 2 unspecified atom stereocenters. The molecular weight excluding hydrogens is 250 g/mol. The number of ether oxygens (including phenoxy) is 2. The average Bonchev–Trinajstić information content (AvgIpc) is 2.87. The van der Waals surface area contributed by atoms with Crippen LogP contribution in [0.5, 0.6) is 0 Å². The number of hydrogen-bond acceptors (Lipinski definition) is 3. The lowest BCUT2D eigenvalue weighted by Crippen LogP contribution is -2.32. The third-order valence-corrected chi connectivity index (χ3v) is 3.90. The molecule has 0 radical (unpaired) electrons. The molecule has 3 heteroatoms. The lowest BCUT2D eigenvalue weighted by Gasteiger charge is -2.16. The molecular formula is C17H35NO2. The molecule has 0 aliphatic carbocycles. The first-order chi connectivity index (χ1) is 9.72. The van der Waals surface area contributed by atoms with E-state index in [0.717, 1.165) is 26.2 Å². The van der Waals surface area contributed by atoms with Crippen LogP contribution in [0.2, 0.25) is 0 Å². The van der Waals surface area contributed by atoms with Gasteiger partial charge in [-0.25, -0.2) is 0 Å². The van der Waals surface area contributed by atoms with Gasteiger partial charge in [-0.3, -0.25) is 0 Å². The SMILES string of the molecule is CCCCCCCCOCC1CCC(CNC(C)C)O1. The van der Waals surface area contributed by atoms with Crippen LogP contribution in [-0.2, 0) is 9.47 Å². The summed E-state index contributed by atoms with van der Waals surface area (Å²) in [5, 5.41) is 3.44. The van der Waals surface area contributed by atoms with E-state index in [2.05, 4.69) is 26.1 Å². The Bertz CT molecular complexity index is 221. The molecule has 3 nitrogen and oxygen atoms in total. The zero-order valence-corrected chi connectivity index (χ0v) is 13.8. The van der Waals surface area contributed by atoms with Crippen molar-refractivity contribution in [2.75, 3.05) is 19.8 Å². The van der Waals surface area contributed by atoms with E-state index in [0.29, 0.717) is 18.2 Å². The van der Waals surface area contributed by atoms with Gasteiger partial charge >= 0.3 is 0 Å². The van der Waals surface area contributed by atoms with Crippen LogP contribution >= 0.6 is 0 Å². The molecule has 1 aliphatic rings. The van der Waals surface area contributed by atoms with Crippen molar-refractivity contribution in [1.29, 1.82) is 0 Å². The van der Waals surface area contributed by atoms with Crippen molar-refractivity contribution in [3.05, 3.63) is 0 Å². The molecule has 0 amide bonds. The van der Waals surface area contributed by atoms with Gasteiger partial charge in [0.1, 0.15) is 0 Å². The van der Waals surface area contributed by atoms with Crippen LogP contribution in [0, 0.1) is 0 Å². The molecule has 120 valence electrons. The number of hydrogen-bond donors (Lipinski definition) is 1. The van der Waals surface area contributed by atoms with Gasteiger partial charge in [-0.05, 0) is 19.3 Å². The van der Waals surface area contributed by atoms with E-state index in [1.807, 2.05) is 0 Å². The van der Waals surface area contributed by atoms with Crippen molar-refractivity contribution in [3.63, 3.8) is 0 Å². The van der Waals surface area contributed by atoms with E-state index in [1.54, 1.807) is 0 Å². The van der Waals surface area contributed by atoms with Gasteiger partial charge in [0.25, 0.3) is 0 Å². The molecule has 0 aromatic rings. The van der Waals surface area contributed by atoms with Crippen molar-refractivity contribution < 1.29 is 9.47 Å². The molecule has 0 aromatic heterocycles. The molecule has 1 fully saturated rings. The first kappa shape index (κ1) is 17.9. The van der Waals surface area contributed by atoms with Gasteiger partial charge < -0.3 is 14.8 Å². The summed E-state index contributed by atoms with van der Waals surface area (Å²) in [5.41, 5.74) is 0. The number of unbranched alkanes of at least 4 members (excludes halogenated alkanes) is 5. The zero-order valence-electron chi connectivity index (χ0n) is 13.8. The first-order valence-corrected chi connectivity index (χ1v) is 8.69. The summed E-state index contributed by atoms with van der Waals surface area (Å²) >= 11 is 0. The van der Waals surface area contributed by atoms with E-state index in [1.165, 1.54) is 44.9 Å². The highest BCUT2D eigenvalue weighted by Gasteiger charge is 2.24. The third kappa shape index (κ3) is 8.93.